The molecule has 0 amide bonds. The molecule has 1 saturated heterocycles. The molecule has 21 heavy (non-hydrogen) atoms. The predicted octanol–water partition coefficient (Wildman–Crippen LogP) is 3.68. The summed E-state index contributed by atoms with van der Waals surface area (Å²) in [4.78, 5) is 2.42. The highest BCUT2D eigenvalue weighted by Gasteiger charge is 2.31. The van der Waals surface area contributed by atoms with E-state index in [1.807, 2.05) is 12.1 Å². The maximum atomic E-state index is 10.6. The van der Waals surface area contributed by atoms with E-state index in [-0.39, 0.29) is 6.04 Å². The first-order valence-corrected chi connectivity index (χ1v) is 9.06. The van der Waals surface area contributed by atoms with Gasteiger partial charge in [0.15, 0.2) is 0 Å². The van der Waals surface area contributed by atoms with Crippen LogP contribution in [0.15, 0.2) is 29.6 Å². The Bertz CT molecular complexity index is 564. The zero-order valence-corrected chi connectivity index (χ0v) is 13.9. The zero-order valence-electron chi connectivity index (χ0n) is 11.5. The molecular formula is C15H18ClNO2S2. The number of thiophene rings is 2. The maximum absolute atomic E-state index is 10.6. The van der Waals surface area contributed by atoms with E-state index in [4.69, 9.17) is 16.3 Å². The summed E-state index contributed by atoms with van der Waals surface area (Å²) >= 11 is 9.37. The Kier molecular flexibility index (Phi) is 4.99. The fourth-order valence-corrected chi connectivity index (χ4v) is 4.55. The van der Waals surface area contributed by atoms with Crippen molar-refractivity contribution < 1.29 is 9.84 Å². The Morgan fingerprint density at radius 1 is 1.29 bits per heavy atom. The van der Waals surface area contributed by atoms with E-state index in [0.717, 1.165) is 4.34 Å². The standard InChI is InChI=1S/C15H18ClNO2S2/c16-13-4-3-12(21-13)14(11-2-1-9-20-11)17-10-15(18)5-7-19-8-6-15/h1-4,9,14,17-18H,5-8,10H2. The van der Waals surface area contributed by atoms with Crippen LogP contribution in [-0.2, 0) is 4.74 Å². The summed E-state index contributed by atoms with van der Waals surface area (Å²) in [6, 6.07) is 8.23. The van der Waals surface area contributed by atoms with Crippen LogP contribution in [0.1, 0.15) is 28.6 Å². The van der Waals surface area contributed by atoms with Crippen molar-refractivity contribution in [2.75, 3.05) is 19.8 Å². The molecular weight excluding hydrogens is 326 g/mol. The largest absolute Gasteiger partial charge is 0.388 e. The average molecular weight is 344 g/mol. The van der Waals surface area contributed by atoms with E-state index in [1.54, 1.807) is 22.7 Å². The van der Waals surface area contributed by atoms with E-state index in [9.17, 15) is 5.11 Å². The summed E-state index contributed by atoms with van der Waals surface area (Å²) in [5, 5.41) is 16.2. The Labute approximate surface area is 137 Å². The molecule has 1 fully saturated rings. The summed E-state index contributed by atoms with van der Waals surface area (Å²) in [6.07, 6.45) is 1.37. The van der Waals surface area contributed by atoms with Crippen LogP contribution in [0.5, 0.6) is 0 Å². The van der Waals surface area contributed by atoms with Gasteiger partial charge in [-0.05, 0) is 23.6 Å². The summed E-state index contributed by atoms with van der Waals surface area (Å²) in [7, 11) is 0. The number of hydrogen-bond donors (Lipinski definition) is 2. The number of rotatable bonds is 5. The van der Waals surface area contributed by atoms with Crippen molar-refractivity contribution in [1.82, 2.24) is 5.32 Å². The summed E-state index contributed by atoms with van der Waals surface area (Å²) in [5.74, 6) is 0. The van der Waals surface area contributed by atoms with Crippen molar-refractivity contribution in [3.05, 3.63) is 43.7 Å². The van der Waals surface area contributed by atoms with Gasteiger partial charge in [-0.25, -0.2) is 0 Å². The van der Waals surface area contributed by atoms with E-state index in [0.29, 0.717) is 32.6 Å². The van der Waals surface area contributed by atoms with Gasteiger partial charge in [-0.15, -0.1) is 22.7 Å². The molecule has 2 aromatic rings. The number of halogens is 1. The minimum atomic E-state index is -0.672. The topological polar surface area (TPSA) is 41.5 Å². The molecule has 6 heteroatoms. The minimum absolute atomic E-state index is 0.0920. The van der Waals surface area contributed by atoms with Crippen molar-refractivity contribution >= 4 is 34.3 Å². The van der Waals surface area contributed by atoms with Crippen molar-refractivity contribution in [3.8, 4) is 0 Å². The maximum Gasteiger partial charge on any atom is 0.0931 e. The molecule has 3 heterocycles. The molecule has 2 N–H and O–H groups in total. The second-order valence-corrected chi connectivity index (χ2v) is 8.03. The van der Waals surface area contributed by atoms with E-state index in [1.165, 1.54) is 9.75 Å². The zero-order chi connectivity index (χ0) is 14.7. The molecule has 1 unspecified atom stereocenters. The van der Waals surface area contributed by atoms with E-state index < -0.39 is 5.60 Å². The summed E-state index contributed by atoms with van der Waals surface area (Å²) < 4.78 is 6.12. The van der Waals surface area contributed by atoms with Gasteiger partial charge in [-0.1, -0.05) is 17.7 Å². The Morgan fingerprint density at radius 2 is 2.10 bits per heavy atom. The summed E-state index contributed by atoms with van der Waals surface area (Å²) in [6.45, 7) is 1.83. The Hall–Kier alpha value is -0.430. The lowest BCUT2D eigenvalue weighted by molar-refractivity contribution is -0.0622. The molecule has 1 atom stereocenters. The van der Waals surface area contributed by atoms with Crippen LogP contribution in [0.2, 0.25) is 4.34 Å². The van der Waals surface area contributed by atoms with E-state index in [2.05, 4.69) is 22.8 Å². The van der Waals surface area contributed by atoms with Crippen LogP contribution in [-0.4, -0.2) is 30.5 Å². The van der Waals surface area contributed by atoms with Crippen LogP contribution in [0.25, 0.3) is 0 Å². The number of hydrogen-bond acceptors (Lipinski definition) is 5. The second-order valence-electron chi connectivity index (χ2n) is 5.31. The van der Waals surface area contributed by atoms with Gasteiger partial charge < -0.3 is 15.2 Å². The molecule has 0 aliphatic carbocycles. The second kappa shape index (κ2) is 6.77. The van der Waals surface area contributed by atoms with Gasteiger partial charge in [0.2, 0.25) is 0 Å². The number of aliphatic hydroxyl groups is 1. The first kappa shape index (κ1) is 15.5. The Morgan fingerprint density at radius 3 is 2.71 bits per heavy atom. The highest BCUT2D eigenvalue weighted by molar-refractivity contribution is 7.16. The van der Waals surface area contributed by atoms with Crippen LogP contribution >= 0.6 is 34.3 Å². The lowest BCUT2D eigenvalue weighted by Crippen LogP contribution is -2.45. The third-order valence-electron chi connectivity index (χ3n) is 3.76. The summed E-state index contributed by atoms with van der Waals surface area (Å²) in [5.41, 5.74) is -0.672. The van der Waals surface area contributed by atoms with Crippen LogP contribution in [0.3, 0.4) is 0 Å². The first-order valence-electron chi connectivity index (χ1n) is 6.98. The number of nitrogens with one attached hydrogen (secondary N) is 1. The van der Waals surface area contributed by atoms with E-state index >= 15 is 0 Å². The lowest BCUT2D eigenvalue weighted by Gasteiger charge is -2.33. The Balaban J connectivity index is 1.74. The van der Waals surface area contributed by atoms with Gasteiger partial charge >= 0.3 is 0 Å². The van der Waals surface area contributed by atoms with Gasteiger partial charge in [-0.2, -0.15) is 0 Å². The van der Waals surface area contributed by atoms with Crippen molar-refractivity contribution in [2.24, 2.45) is 0 Å². The lowest BCUT2D eigenvalue weighted by atomic mass is 9.94. The van der Waals surface area contributed by atoms with Crippen molar-refractivity contribution in [3.63, 3.8) is 0 Å². The molecule has 0 bridgehead atoms. The fourth-order valence-electron chi connectivity index (χ4n) is 2.50. The minimum Gasteiger partial charge on any atom is -0.388 e. The number of ether oxygens (including phenoxy) is 1. The SMILES string of the molecule is OC1(CNC(c2cccs2)c2ccc(Cl)s2)CCOCC1. The molecule has 0 spiro atoms. The third kappa shape index (κ3) is 3.86. The third-order valence-corrected chi connectivity index (χ3v) is 6.00. The van der Waals surface area contributed by atoms with Gasteiger partial charge in [0.1, 0.15) is 0 Å². The average Bonchev–Trinajstić information content (AvgIpc) is 3.12. The monoisotopic (exact) mass is 343 g/mol. The first-order chi connectivity index (χ1) is 10.2. The van der Waals surface area contributed by atoms with Crippen molar-refractivity contribution in [1.29, 1.82) is 0 Å². The fraction of sp³-hybridized carbons (Fsp3) is 0.467. The molecule has 0 aromatic carbocycles. The quantitative estimate of drug-likeness (QED) is 0.870. The molecule has 3 nitrogen and oxygen atoms in total. The van der Waals surface area contributed by atoms with Gasteiger partial charge in [0.25, 0.3) is 0 Å². The van der Waals surface area contributed by atoms with Gasteiger partial charge in [0.05, 0.1) is 16.0 Å². The molecule has 114 valence electrons. The molecule has 3 rings (SSSR count). The molecule has 0 radical (unpaired) electrons. The smallest absolute Gasteiger partial charge is 0.0931 e. The predicted molar refractivity (Wildman–Crippen MR) is 88.5 cm³/mol. The molecule has 2 aromatic heterocycles. The molecule has 1 aliphatic heterocycles. The highest BCUT2D eigenvalue weighted by Crippen LogP contribution is 2.33. The van der Waals surface area contributed by atoms with Gasteiger partial charge in [0, 0.05) is 42.4 Å². The van der Waals surface area contributed by atoms with Crippen LogP contribution < -0.4 is 5.32 Å². The van der Waals surface area contributed by atoms with Crippen LogP contribution in [0, 0.1) is 0 Å². The van der Waals surface area contributed by atoms with Crippen LogP contribution in [0.4, 0.5) is 0 Å². The van der Waals surface area contributed by atoms with Gasteiger partial charge in [-0.3, -0.25) is 0 Å². The molecule has 0 saturated carbocycles. The normalized spacial score (nSPS) is 19.5. The van der Waals surface area contributed by atoms with Crippen molar-refractivity contribution in [2.45, 2.75) is 24.5 Å². The highest BCUT2D eigenvalue weighted by atomic mass is 35.5. The molecule has 1 aliphatic rings.